The van der Waals surface area contributed by atoms with Crippen molar-refractivity contribution in [3.63, 3.8) is 0 Å². The Bertz CT molecular complexity index is 2000. The van der Waals surface area contributed by atoms with Crippen LogP contribution in [0.5, 0.6) is 23.0 Å². The van der Waals surface area contributed by atoms with E-state index in [4.69, 9.17) is 23.4 Å². The van der Waals surface area contributed by atoms with Gasteiger partial charge in [-0.2, -0.15) is 0 Å². The zero-order valence-corrected chi connectivity index (χ0v) is 26.8. The monoisotopic (exact) mass is 638 g/mol. The highest BCUT2D eigenvalue weighted by atomic mass is 16.5. The quantitative estimate of drug-likeness (QED) is 0.133. The van der Waals surface area contributed by atoms with Crippen LogP contribution in [0.15, 0.2) is 137 Å². The summed E-state index contributed by atoms with van der Waals surface area (Å²) in [6.07, 6.45) is 5.09. The third kappa shape index (κ3) is 7.55. The molecule has 1 aliphatic carbocycles. The van der Waals surface area contributed by atoms with E-state index in [-0.39, 0.29) is 17.3 Å². The SMILES string of the molecule is O=c1c(OC2CCCCC2)c(-c2ccc(OCc3ccccc3)c(OCc3ccccc3)c2)oc2cc(OCc3ccccc3)ccc12. The van der Waals surface area contributed by atoms with Crippen LogP contribution in [0.25, 0.3) is 22.3 Å². The molecule has 0 saturated heterocycles. The molecule has 6 aromatic rings. The molecule has 0 aliphatic heterocycles. The van der Waals surface area contributed by atoms with Gasteiger partial charge in [-0.15, -0.1) is 0 Å². The summed E-state index contributed by atoms with van der Waals surface area (Å²) >= 11 is 0. The molecule has 1 saturated carbocycles. The summed E-state index contributed by atoms with van der Waals surface area (Å²) in [4.78, 5) is 14.1. The second kappa shape index (κ2) is 14.9. The molecular weight excluding hydrogens is 600 g/mol. The van der Waals surface area contributed by atoms with E-state index in [1.165, 1.54) is 6.42 Å². The van der Waals surface area contributed by atoms with Crippen molar-refractivity contribution in [2.24, 2.45) is 0 Å². The lowest BCUT2D eigenvalue weighted by Crippen LogP contribution is -2.23. The number of ether oxygens (including phenoxy) is 4. The third-order valence-corrected chi connectivity index (χ3v) is 8.59. The van der Waals surface area contributed by atoms with Crippen molar-refractivity contribution in [3.05, 3.63) is 154 Å². The van der Waals surface area contributed by atoms with Gasteiger partial charge in [0.2, 0.25) is 11.2 Å². The van der Waals surface area contributed by atoms with Gasteiger partial charge in [0.15, 0.2) is 17.3 Å². The van der Waals surface area contributed by atoms with Crippen LogP contribution in [-0.2, 0) is 19.8 Å². The van der Waals surface area contributed by atoms with E-state index in [0.717, 1.165) is 42.4 Å². The summed E-state index contributed by atoms with van der Waals surface area (Å²) in [7, 11) is 0. The van der Waals surface area contributed by atoms with E-state index in [1.807, 2.05) is 109 Å². The summed E-state index contributed by atoms with van der Waals surface area (Å²) in [5.41, 5.74) is 4.00. The molecule has 1 aromatic heterocycles. The number of hydrogen-bond donors (Lipinski definition) is 0. The summed E-state index contributed by atoms with van der Waals surface area (Å²) in [5.74, 6) is 2.32. The molecule has 0 unspecified atom stereocenters. The minimum absolute atomic E-state index is 0.0476. The standard InChI is InChI=1S/C42H38O6/c43-40-36-23-22-35(44-27-30-13-5-1-6-14-30)26-38(36)48-41(42(40)47-34-19-11-4-12-20-34)33-21-24-37(45-28-31-15-7-2-8-16-31)39(25-33)46-29-32-17-9-3-10-18-32/h1-3,5-10,13-18,21-26,34H,4,11-12,19-20,27-29H2. The first-order valence-corrected chi connectivity index (χ1v) is 16.6. The fourth-order valence-corrected chi connectivity index (χ4v) is 5.99. The molecule has 242 valence electrons. The predicted octanol–water partition coefficient (Wildman–Crippen LogP) is 9.91. The molecule has 5 aromatic carbocycles. The molecule has 6 nitrogen and oxygen atoms in total. The lowest BCUT2D eigenvalue weighted by Gasteiger charge is -2.24. The molecule has 0 radical (unpaired) electrons. The molecule has 7 rings (SSSR count). The number of rotatable bonds is 12. The van der Waals surface area contributed by atoms with Gasteiger partial charge in [-0.25, -0.2) is 0 Å². The highest BCUT2D eigenvalue weighted by Crippen LogP contribution is 2.39. The van der Waals surface area contributed by atoms with Crippen LogP contribution in [0.2, 0.25) is 0 Å². The molecule has 0 bridgehead atoms. The average molecular weight is 639 g/mol. The highest BCUT2D eigenvalue weighted by molar-refractivity contribution is 5.83. The van der Waals surface area contributed by atoms with Gasteiger partial charge in [-0.05, 0) is 72.7 Å². The van der Waals surface area contributed by atoms with Gasteiger partial charge in [0.25, 0.3) is 0 Å². The van der Waals surface area contributed by atoms with Crippen LogP contribution in [-0.4, -0.2) is 6.10 Å². The largest absolute Gasteiger partial charge is 0.489 e. The van der Waals surface area contributed by atoms with Crippen molar-refractivity contribution in [1.82, 2.24) is 0 Å². The molecule has 6 heteroatoms. The lowest BCUT2D eigenvalue weighted by atomic mass is 9.97. The van der Waals surface area contributed by atoms with Crippen LogP contribution >= 0.6 is 0 Å². The van der Waals surface area contributed by atoms with Gasteiger partial charge in [0.1, 0.15) is 31.2 Å². The Morgan fingerprint density at radius 3 is 1.79 bits per heavy atom. The molecule has 48 heavy (non-hydrogen) atoms. The first-order chi connectivity index (χ1) is 23.7. The second-order valence-corrected chi connectivity index (χ2v) is 12.1. The highest BCUT2D eigenvalue weighted by Gasteiger charge is 2.24. The van der Waals surface area contributed by atoms with E-state index in [0.29, 0.717) is 59.4 Å². The maximum Gasteiger partial charge on any atom is 0.235 e. The van der Waals surface area contributed by atoms with E-state index >= 15 is 0 Å². The summed E-state index contributed by atoms with van der Waals surface area (Å²) < 4.78 is 31.8. The van der Waals surface area contributed by atoms with Gasteiger partial charge in [0.05, 0.1) is 11.5 Å². The number of fused-ring (bicyclic) bond motifs is 1. The average Bonchev–Trinajstić information content (AvgIpc) is 3.15. The van der Waals surface area contributed by atoms with Gasteiger partial charge in [-0.3, -0.25) is 4.79 Å². The minimum atomic E-state index is -0.206. The minimum Gasteiger partial charge on any atom is -0.489 e. The van der Waals surface area contributed by atoms with E-state index in [2.05, 4.69) is 0 Å². The molecular formula is C42H38O6. The van der Waals surface area contributed by atoms with Gasteiger partial charge >= 0.3 is 0 Å². The lowest BCUT2D eigenvalue weighted by molar-refractivity contribution is 0.152. The third-order valence-electron chi connectivity index (χ3n) is 8.59. The normalized spacial score (nSPS) is 13.2. The Hall–Kier alpha value is -5.49. The van der Waals surface area contributed by atoms with Crippen molar-refractivity contribution in [2.45, 2.75) is 58.0 Å². The molecule has 0 atom stereocenters. The van der Waals surface area contributed by atoms with Gasteiger partial charge in [-0.1, -0.05) is 97.4 Å². The maximum absolute atomic E-state index is 14.1. The van der Waals surface area contributed by atoms with E-state index in [1.54, 1.807) is 18.2 Å². The maximum atomic E-state index is 14.1. The fraction of sp³-hybridized carbons (Fsp3) is 0.214. The summed E-state index contributed by atoms with van der Waals surface area (Å²) in [6.45, 7) is 1.13. The van der Waals surface area contributed by atoms with Crippen LogP contribution in [0.1, 0.15) is 48.8 Å². The predicted molar refractivity (Wildman–Crippen MR) is 188 cm³/mol. The van der Waals surface area contributed by atoms with Crippen LogP contribution in [0, 0.1) is 0 Å². The topological polar surface area (TPSA) is 67.1 Å². The Labute approximate surface area is 280 Å². The first kappa shape index (κ1) is 31.1. The van der Waals surface area contributed by atoms with Crippen LogP contribution in [0.3, 0.4) is 0 Å². The zero-order chi connectivity index (χ0) is 32.5. The van der Waals surface area contributed by atoms with Gasteiger partial charge < -0.3 is 23.4 Å². The Balaban J connectivity index is 1.27. The summed E-state index contributed by atoms with van der Waals surface area (Å²) in [6, 6.07) is 40.9. The van der Waals surface area contributed by atoms with Crippen molar-refractivity contribution in [3.8, 4) is 34.3 Å². The Morgan fingerprint density at radius 1 is 0.583 bits per heavy atom. The molecule has 0 spiro atoms. The Kier molecular flexibility index (Phi) is 9.69. The van der Waals surface area contributed by atoms with Crippen LogP contribution in [0.4, 0.5) is 0 Å². The van der Waals surface area contributed by atoms with E-state index in [9.17, 15) is 4.79 Å². The molecule has 1 heterocycles. The van der Waals surface area contributed by atoms with E-state index < -0.39 is 0 Å². The Morgan fingerprint density at radius 2 is 1.17 bits per heavy atom. The smallest absolute Gasteiger partial charge is 0.235 e. The molecule has 0 N–H and O–H groups in total. The zero-order valence-electron chi connectivity index (χ0n) is 26.8. The summed E-state index contributed by atoms with van der Waals surface area (Å²) in [5, 5.41) is 0.444. The van der Waals surface area contributed by atoms with Gasteiger partial charge in [0, 0.05) is 11.6 Å². The molecule has 0 amide bonds. The van der Waals surface area contributed by atoms with Crippen molar-refractivity contribution >= 4 is 11.0 Å². The number of hydrogen-bond acceptors (Lipinski definition) is 6. The van der Waals surface area contributed by atoms with Crippen molar-refractivity contribution < 1.29 is 23.4 Å². The van der Waals surface area contributed by atoms with Crippen LogP contribution < -0.4 is 24.4 Å². The van der Waals surface area contributed by atoms with Crippen molar-refractivity contribution in [2.75, 3.05) is 0 Å². The molecule has 1 fully saturated rings. The first-order valence-electron chi connectivity index (χ1n) is 16.6. The van der Waals surface area contributed by atoms with Crippen molar-refractivity contribution in [1.29, 1.82) is 0 Å². The molecule has 1 aliphatic rings. The number of benzene rings is 5. The second-order valence-electron chi connectivity index (χ2n) is 12.1. The fourth-order valence-electron chi connectivity index (χ4n) is 5.99.